The van der Waals surface area contributed by atoms with Crippen molar-refractivity contribution in [3.05, 3.63) is 20.8 Å². The molecule has 0 aromatic carbocycles. The summed E-state index contributed by atoms with van der Waals surface area (Å²) in [6.45, 7) is 3.40. The molecule has 3 heterocycles. The Kier molecular flexibility index (Phi) is 6.26. The summed E-state index contributed by atoms with van der Waals surface area (Å²) in [5, 5.41) is 6.36. The highest BCUT2D eigenvalue weighted by Crippen LogP contribution is 2.36. The van der Waals surface area contributed by atoms with E-state index in [0.29, 0.717) is 24.2 Å². The Labute approximate surface area is 194 Å². The molecule has 0 bridgehead atoms. The van der Waals surface area contributed by atoms with Crippen molar-refractivity contribution >= 4 is 45.3 Å². The quantitative estimate of drug-likeness (QED) is 0.491. The first-order chi connectivity index (χ1) is 15.5. The SMILES string of the molecule is CC1CCc2c(sc3nc(SCC(=O)NC(=O)NC4CC4)n(CC4CCCO4)c(=O)c23)C1. The van der Waals surface area contributed by atoms with Crippen molar-refractivity contribution in [3.8, 4) is 0 Å². The molecule has 32 heavy (non-hydrogen) atoms. The first-order valence-electron chi connectivity index (χ1n) is 11.4. The highest BCUT2D eigenvalue weighted by atomic mass is 32.2. The minimum absolute atomic E-state index is 0.0149. The normalized spacial score (nSPS) is 22.7. The molecule has 2 aromatic heterocycles. The van der Waals surface area contributed by atoms with E-state index >= 15 is 0 Å². The van der Waals surface area contributed by atoms with Gasteiger partial charge in [0.25, 0.3) is 5.56 Å². The molecule has 3 amide bonds. The zero-order chi connectivity index (χ0) is 22.2. The lowest BCUT2D eigenvalue weighted by Crippen LogP contribution is -2.41. The van der Waals surface area contributed by atoms with E-state index < -0.39 is 11.9 Å². The Bertz CT molecular complexity index is 1100. The van der Waals surface area contributed by atoms with Gasteiger partial charge in [0.15, 0.2) is 5.16 Å². The van der Waals surface area contributed by atoms with Crippen LogP contribution in [-0.4, -0.2) is 46.0 Å². The first-order valence-corrected chi connectivity index (χ1v) is 13.2. The highest BCUT2D eigenvalue weighted by Gasteiger charge is 2.27. The lowest BCUT2D eigenvalue weighted by molar-refractivity contribution is -0.117. The van der Waals surface area contributed by atoms with Crippen LogP contribution in [0.1, 0.15) is 49.5 Å². The number of nitrogens with one attached hydrogen (secondary N) is 2. The van der Waals surface area contributed by atoms with Crippen molar-refractivity contribution in [2.75, 3.05) is 12.4 Å². The van der Waals surface area contributed by atoms with Crippen LogP contribution >= 0.6 is 23.1 Å². The average Bonchev–Trinajstić information content (AvgIpc) is 3.27. The molecular formula is C22H28N4O4S2. The van der Waals surface area contributed by atoms with Gasteiger partial charge in [0.05, 0.1) is 23.8 Å². The zero-order valence-electron chi connectivity index (χ0n) is 18.1. The van der Waals surface area contributed by atoms with E-state index in [1.165, 1.54) is 16.6 Å². The van der Waals surface area contributed by atoms with E-state index in [1.807, 2.05) is 0 Å². The smallest absolute Gasteiger partial charge is 0.321 e. The number of ether oxygens (including phenoxy) is 1. The zero-order valence-corrected chi connectivity index (χ0v) is 19.8. The Hall–Kier alpha value is -1.91. The number of thioether (sulfide) groups is 1. The van der Waals surface area contributed by atoms with Crippen LogP contribution in [0.15, 0.2) is 9.95 Å². The lowest BCUT2D eigenvalue weighted by atomic mass is 9.89. The Morgan fingerprint density at radius 2 is 2.12 bits per heavy atom. The van der Waals surface area contributed by atoms with Gasteiger partial charge >= 0.3 is 6.03 Å². The third-order valence-electron chi connectivity index (χ3n) is 6.29. The number of fused-ring (bicyclic) bond motifs is 3. The molecule has 2 fully saturated rings. The fourth-order valence-electron chi connectivity index (χ4n) is 4.41. The van der Waals surface area contributed by atoms with E-state index in [4.69, 9.17) is 9.72 Å². The minimum atomic E-state index is -0.460. The number of amides is 3. The molecule has 2 atom stereocenters. The summed E-state index contributed by atoms with van der Waals surface area (Å²) in [7, 11) is 0. The topological polar surface area (TPSA) is 102 Å². The number of carbonyl (C=O) groups is 2. The monoisotopic (exact) mass is 476 g/mol. The van der Waals surface area contributed by atoms with E-state index in [2.05, 4.69) is 17.6 Å². The summed E-state index contributed by atoms with van der Waals surface area (Å²) in [6.07, 6.45) is 6.79. The number of thiophene rings is 1. The molecule has 3 aliphatic rings. The van der Waals surface area contributed by atoms with Gasteiger partial charge in [-0.25, -0.2) is 9.78 Å². The van der Waals surface area contributed by atoms with E-state index in [-0.39, 0.29) is 23.5 Å². The maximum atomic E-state index is 13.6. The summed E-state index contributed by atoms with van der Waals surface area (Å²) in [5.41, 5.74) is 1.12. The van der Waals surface area contributed by atoms with Crippen LogP contribution in [0, 0.1) is 5.92 Å². The summed E-state index contributed by atoms with van der Waals surface area (Å²) in [4.78, 5) is 44.6. The molecule has 172 valence electrons. The van der Waals surface area contributed by atoms with Crippen LogP contribution < -0.4 is 16.2 Å². The van der Waals surface area contributed by atoms with Gasteiger partial charge in [-0.1, -0.05) is 18.7 Å². The summed E-state index contributed by atoms with van der Waals surface area (Å²) in [6, 6.07) is -0.276. The molecule has 1 aliphatic heterocycles. The number of rotatable bonds is 6. The highest BCUT2D eigenvalue weighted by molar-refractivity contribution is 7.99. The number of hydrogen-bond acceptors (Lipinski definition) is 7. The van der Waals surface area contributed by atoms with Crippen molar-refractivity contribution in [1.82, 2.24) is 20.2 Å². The van der Waals surface area contributed by atoms with Crippen LogP contribution in [0.4, 0.5) is 4.79 Å². The second-order valence-corrected chi connectivity index (χ2v) is 11.1. The molecular weight excluding hydrogens is 448 g/mol. The molecule has 1 saturated carbocycles. The van der Waals surface area contributed by atoms with Crippen LogP contribution in [-0.2, 0) is 28.9 Å². The minimum Gasteiger partial charge on any atom is -0.376 e. The predicted octanol–water partition coefficient (Wildman–Crippen LogP) is 2.84. The molecule has 2 aliphatic carbocycles. The van der Waals surface area contributed by atoms with Gasteiger partial charge < -0.3 is 10.1 Å². The molecule has 10 heteroatoms. The molecule has 2 aromatic rings. The molecule has 5 rings (SSSR count). The third-order valence-corrected chi connectivity index (χ3v) is 8.41. The number of aryl methyl sites for hydroxylation is 1. The first kappa shape index (κ1) is 21.9. The van der Waals surface area contributed by atoms with Gasteiger partial charge in [-0.3, -0.25) is 19.5 Å². The van der Waals surface area contributed by atoms with E-state index in [1.54, 1.807) is 15.9 Å². The van der Waals surface area contributed by atoms with E-state index in [0.717, 1.165) is 60.7 Å². The number of nitrogens with zero attached hydrogens (tertiary/aromatic N) is 2. The van der Waals surface area contributed by atoms with Crippen molar-refractivity contribution in [2.45, 2.75) is 75.7 Å². The van der Waals surface area contributed by atoms with Gasteiger partial charge in [0.2, 0.25) is 5.91 Å². The van der Waals surface area contributed by atoms with Crippen LogP contribution in [0.2, 0.25) is 0 Å². The van der Waals surface area contributed by atoms with Crippen LogP contribution in [0.3, 0.4) is 0 Å². The summed E-state index contributed by atoms with van der Waals surface area (Å²) < 4.78 is 7.47. The van der Waals surface area contributed by atoms with Gasteiger partial charge in [-0.05, 0) is 56.4 Å². The second kappa shape index (κ2) is 9.15. The van der Waals surface area contributed by atoms with Gasteiger partial charge in [-0.2, -0.15) is 0 Å². The largest absolute Gasteiger partial charge is 0.376 e. The van der Waals surface area contributed by atoms with Crippen LogP contribution in [0.5, 0.6) is 0 Å². The number of imide groups is 1. The lowest BCUT2D eigenvalue weighted by Gasteiger charge is -2.18. The fraction of sp³-hybridized carbons (Fsp3) is 0.636. The van der Waals surface area contributed by atoms with Crippen molar-refractivity contribution in [1.29, 1.82) is 0 Å². The summed E-state index contributed by atoms with van der Waals surface area (Å²) in [5.74, 6) is 0.235. The van der Waals surface area contributed by atoms with Crippen molar-refractivity contribution in [2.24, 2.45) is 5.92 Å². The van der Waals surface area contributed by atoms with Crippen LogP contribution in [0.25, 0.3) is 10.2 Å². The maximum absolute atomic E-state index is 13.6. The Morgan fingerprint density at radius 3 is 2.88 bits per heavy atom. The second-order valence-electron chi connectivity index (χ2n) is 9.06. The number of aromatic nitrogens is 2. The molecule has 0 radical (unpaired) electrons. The standard InChI is InChI=1S/C22H28N4O4S2/c1-12-4-7-15-16(9-12)32-19-18(15)20(28)26(10-14-3-2-8-30-14)22(25-19)31-11-17(27)24-21(29)23-13-5-6-13/h12-14H,2-11H2,1H3,(H2,23,24,27,29). The number of hydrogen-bond donors (Lipinski definition) is 2. The van der Waals surface area contributed by atoms with Crippen molar-refractivity contribution in [3.63, 3.8) is 0 Å². The molecule has 0 spiro atoms. The average molecular weight is 477 g/mol. The molecule has 2 N–H and O–H groups in total. The Morgan fingerprint density at radius 1 is 1.28 bits per heavy atom. The molecule has 2 unspecified atom stereocenters. The molecule has 1 saturated heterocycles. The van der Waals surface area contributed by atoms with Crippen molar-refractivity contribution < 1.29 is 14.3 Å². The van der Waals surface area contributed by atoms with E-state index in [9.17, 15) is 14.4 Å². The van der Waals surface area contributed by atoms with Gasteiger partial charge in [0, 0.05) is 17.5 Å². The maximum Gasteiger partial charge on any atom is 0.321 e. The summed E-state index contributed by atoms with van der Waals surface area (Å²) >= 11 is 2.81. The number of urea groups is 1. The molecule has 8 nitrogen and oxygen atoms in total. The Balaban J connectivity index is 1.41. The predicted molar refractivity (Wildman–Crippen MR) is 124 cm³/mol. The number of carbonyl (C=O) groups excluding carboxylic acids is 2. The van der Waals surface area contributed by atoms with Gasteiger partial charge in [0.1, 0.15) is 4.83 Å². The third kappa shape index (κ3) is 4.72. The van der Waals surface area contributed by atoms with Gasteiger partial charge in [-0.15, -0.1) is 11.3 Å². The fourth-order valence-corrected chi connectivity index (χ4v) is 6.64.